The van der Waals surface area contributed by atoms with Crippen molar-refractivity contribution in [3.8, 4) is 0 Å². The average Bonchev–Trinajstić information content (AvgIpc) is 2.85. The van der Waals surface area contributed by atoms with Crippen LogP contribution in [0.1, 0.15) is 32.1 Å². The number of hydrogen-bond acceptors (Lipinski definition) is 5. The van der Waals surface area contributed by atoms with E-state index in [9.17, 15) is 8.42 Å². The smallest absolute Gasteiger partial charge is 0.241 e. The summed E-state index contributed by atoms with van der Waals surface area (Å²) in [4.78, 5) is 1.29. The van der Waals surface area contributed by atoms with Crippen LogP contribution in [-0.2, 0) is 16.6 Å². The summed E-state index contributed by atoms with van der Waals surface area (Å²) in [6, 6.07) is 1.64. The third kappa shape index (κ3) is 5.73. The van der Waals surface area contributed by atoms with E-state index in [-0.39, 0.29) is 6.04 Å². The first-order valence-corrected chi connectivity index (χ1v) is 10.4. The summed E-state index contributed by atoms with van der Waals surface area (Å²) in [5, 5.41) is 5.09. The number of thiophene rings is 1. The molecule has 1 unspecified atom stereocenters. The van der Waals surface area contributed by atoms with Gasteiger partial charge < -0.3 is 5.32 Å². The molecule has 0 aliphatic carbocycles. The molecule has 0 aliphatic rings. The van der Waals surface area contributed by atoms with Gasteiger partial charge in [0.25, 0.3) is 0 Å². The average molecular weight is 337 g/mol. The highest BCUT2D eigenvalue weighted by atomic mass is 32.2. The van der Waals surface area contributed by atoms with Gasteiger partial charge in [-0.05, 0) is 37.1 Å². The van der Waals surface area contributed by atoms with Gasteiger partial charge in [-0.15, -0.1) is 11.3 Å². The molecular weight excluding hydrogens is 312 g/mol. The Balaban J connectivity index is 2.69. The lowest BCUT2D eigenvalue weighted by atomic mass is 10.4. The fourth-order valence-corrected chi connectivity index (χ4v) is 5.17. The van der Waals surface area contributed by atoms with E-state index in [1.807, 2.05) is 12.3 Å². The Bertz CT molecular complexity index is 486. The fraction of sp³-hybridized carbons (Fsp3) is 0.692. The van der Waals surface area contributed by atoms with Gasteiger partial charge >= 0.3 is 0 Å². The summed E-state index contributed by atoms with van der Waals surface area (Å²) in [5.74, 6) is 1.79. The lowest BCUT2D eigenvalue weighted by Gasteiger charge is -2.14. The van der Waals surface area contributed by atoms with E-state index in [0.717, 1.165) is 29.3 Å². The summed E-state index contributed by atoms with van der Waals surface area (Å²) in [7, 11) is -3.41. The molecule has 1 heterocycles. The van der Waals surface area contributed by atoms with Crippen LogP contribution in [0, 0.1) is 0 Å². The summed E-state index contributed by atoms with van der Waals surface area (Å²) < 4.78 is 27.5. The molecule has 1 aromatic heterocycles. The zero-order chi connectivity index (χ0) is 15.0. The van der Waals surface area contributed by atoms with Crippen molar-refractivity contribution in [1.82, 2.24) is 10.0 Å². The number of rotatable bonds is 10. The molecule has 0 radical (unpaired) electrons. The molecule has 1 rings (SSSR count). The quantitative estimate of drug-likeness (QED) is 0.645. The van der Waals surface area contributed by atoms with Gasteiger partial charge in [0, 0.05) is 23.2 Å². The van der Waals surface area contributed by atoms with Crippen LogP contribution in [0.15, 0.2) is 16.3 Å². The lowest BCUT2D eigenvalue weighted by molar-refractivity contribution is 0.569. The number of thioether (sulfide) groups is 1. The lowest BCUT2D eigenvalue weighted by Crippen LogP contribution is -2.34. The maximum atomic E-state index is 12.4. The van der Waals surface area contributed by atoms with Gasteiger partial charge in [0.05, 0.1) is 4.90 Å². The molecular formula is C13H24N2O2S3. The fourth-order valence-electron chi connectivity index (χ4n) is 1.73. The van der Waals surface area contributed by atoms with Gasteiger partial charge in [-0.25, -0.2) is 13.1 Å². The minimum Gasteiger partial charge on any atom is -0.312 e. The van der Waals surface area contributed by atoms with E-state index in [1.54, 1.807) is 17.8 Å². The molecule has 1 aromatic rings. The summed E-state index contributed by atoms with van der Waals surface area (Å²) in [6.07, 6.45) is 1.04. The van der Waals surface area contributed by atoms with Gasteiger partial charge in [-0.3, -0.25) is 0 Å². The minimum absolute atomic E-state index is 0.0544. The minimum atomic E-state index is -3.41. The third-order valence-electron chi connectivity index (χ3n) is 2.63. The Hall–Kier alpha value is -0.0800. The molecule has 1 atom stereocenters. The first-order chi connectivity index (χ1) is 9.51. The molecule has 0 spiro atoms. The van der Waals surface area contributed by atoms with Crippen molar-refractivity contribution in [2.45, 2.75) is 44.7 Å². The molecule has 0 saturated heterocycles. The van der Waals surface area contributed by atoms with Gasteiger partial charge in [0.1, 0.15) is 0 Å². The first-order valence-electron chi connectivity index (χ1n) is 6.88. The van der Waals surface area contributed by atoms with E-state index in [4.69, 9.17) is 0 Å². The van der Waals surface area contributed by atoms with Crippen molar-refractivity contribution in [2.24, 2.45) is 0 Å². The largest absolute Gasteiger partial charge is 0.312 e. The normalized spacial score (nSPS) is 13.6. The van der Waals surface area contributed by atoms with Crippen molar-refractivity contribution >= 4 is 33.1 Å². The van der Waals surface area contributed by atoms with E-state index < -0.39 is 10.0 Å². The van der Waals surface area contributed by atoms with Crippen LogP contribution in [0.5, 0.6) is 0 Å². The molecule has 0 aromatic carbocycles. The van der Waals surface area contributed by atoms with Crippen LogP contribution in [0.3, 0.4) is 0 Å². The monoisotopic (exact) mass is 336 g/mol. The standard InChI is InChI=1S/C13H24N2O2S3/c1-4-7-14-9-12-13(6-8-19-12)20(16,17)15-11(3)10-18-5-2/h6,8,11,14-15H,4-5,7,9-10H2,1-3H3. The summed E-state index contributed by atoms with van der Waals surface area (Å²) >= 11 is 3.22. The Morgan fingerprint density at radius 2 is 2.15 bits per heavy atom. The van der Waals surface area contributed by atoms with E-state index in [1.165, 1.54) is 11.3 Å². The van der Waals surface area contributed by atoms with E-state index >= 15 is 0 Å². The van der Waals surface area contributed by atoms with Crippen molar-refractivity contribution in [1.29, 1.82) is 0 Å². The molecule has 0 amide bonds. The third-order valence-corrected chi connectivity index (χ3v) is 6.50. The van der Waals surface area contributed by atoms with Crippen molar-refractivity contribution in [3.05, 3.63) is 16.3 Å². The maximum Gasteiger partial charge on any atom is 0.241 e. The van der Waals surface area contributed by atoms with Crippen molar-refractivity contribution in [3.63, 3.8) is 0 Å². The van der Waals surface area contributed by atoms with E-state index in [0.29, 0.717) is 11.4 Å². The molecule has 4 nitrogen and oxygen atoms in total. The second kappa shape index (κ2) is 9.04. The van der Waals surface area contributed by atoms with Crippen LogP contribution >= 0.6 is 23.1 Å². The number of hydrogen-bond donors (Lipinski definition) is 2. The topological polar surface area (TPSA) is 58.2 Å². The highest BCUT2D eigenvalue weighted by molar-refractivity contribution is 7.99. The van der Waals surface area contributed by atoms with Crippen LogP contribution in [-0.4, -0.2) is 32.5 Å². The molecule has 20 heavy (non-hydrogen) atoms. The molecule has 7 heteroatoms. The number of nitrogens with one attached hydrogen (secondary N) is 2. The molecule has 0 saturated carbocycles. The van der Waals surface area contributed by atoms with E-state index in [2.05, 4.69) is 23.9 Å². The Kier molecular flexibility index (Phi) is 8.13. The first kappa shape index (κ1) is 18.0. The van der Waals surface area contributed by atoms with Gasteiger partial charge in [0.15, 0.2) is 0 Å². The molecule has 0 aliphatic heterocycles. The highest BCUT2D eigenvalue weighted by Crippen LogP contribution is 2.22. The predicted molar refractivity (Wildman–Crippen MR) is 89.1 cm³/mol. The summed E-state index contributed by atoms with van der Waals surface area (Å²) in [6.45, 7) is 7.58. The molecule has 0 fully saturated rings. The summed E-state index contributed by atoms with van der Waals surface area (Å²) in [5.41, 5.74) is 0. The molecule has 0 bridgehead atoms. The predicted octanol–water partition coefficient (Wildman–Crippen LogP) is 2.67. The van der Waals surface area contributed by atoms with Gasteiger partial charge in [-0.2, -0.15) is 11.8 Å². The van der Waals surface area contributed by atoms with Crippen LogP contribution in [0.2, 0.25) is 0 Å². The zero-order valence-electron chi connectivity index (χ0n) is 12.3. The number of sulfonamides is 1. The van der Waals surface area contributed by atoms with Crippen molar-refractivity contribution < 1.29 is 8.42 Å². The van der Waals surface area contributed by atoms with Gasteiger partial charge in [-0.1, -0.05) is 13.8 Å². The van der Waals surface area contributed by atoms with Crippen LogP contribution in [0.4, 0.5) is 0 Å². The Morgan fingerprint density at radius 3 is 2.80 bits per heavy atom. The second-order valence-corrected chi connectivity index (χ2v) is 8.57. The Labute approximate surface area is 130 Å². The van der Waals surface area contributed by atoms with Crippen molar-refractivity contribution in [2.75, 3.05) is 18.1 Å². The highest BCUT2D eigenvalue weighted by Gasteiger charge is 2.21. The van der Waals surface area contributed by atoms with Crippen LogP contribution < -0.4 is 10.0 Å². The molecule has 116 valence electrons. The van der Waals surface area contributed by atoms with Crippen LogP contribution in [0.25, 0.3) is 0 Å². The second-order valence-electron chi connectivity index (χ2n) is 4.57. The van der Waals surface area contributed by atoms with Gasteiger partial charge in [0.2, 0.25) is 10.0 Å². The SMILES string of the molecule is CCCNCc1sccc1S(=O)(=O)NC(C)CSCC. The Morgan fingerprint density at radius 1 is 1.40 bits per heavy atom. The zero-order valence-corrected chi connectivity index (χ0v) is 14.8. The molecule has 2 N–H and O–H groups in total. The maximum absolute atomic E-state index is 12.4.